The number of pyridine rings is 1. The number of hydrogen-bond acceptors (Lipinski definition) is 4. The van der Waals surface area contributed by atoms with Gasteiger partial charge in [0, 0.05) is 54.6 Å². The minimum absolute atomic E-state index is 0.164. The third kappa shape index (κ3) is 4.58. The molecule has 8 nitrogen and oxygen atoms in total. The number of halogens is 1. The van der Waals surface area contributed by atoms with E-state index in [4.69, 9.17) is 0 Å². The first-order valence-corrected chi connectivity index (χ1v) is 11.6. The van der Waals surface area contributed by atoms with Crippen molar-refractivity contribution in [3.63, 3.8) is 0 Å². The number of aromatic amines is 1. The van der Waals surface area contributed by atoms with E-state index in [9.17, 15) is 14.0 Å². The molecule has 0 spiro atoms. The maximum Gasteiger partial charge on any atom is 0.298 e. The van der Waals surface area contributed by atoms with E-state index in [1.54, 1.807) is 44.0 Å². The molecule has 0 saturated carbocycles. The Kier molecular flexibility index (Phi) is 6.02. The Hall–Kier alpha value is -4.45. The van der Waals surface area contributed by atoms with Crippen LogP contribution in [0.25, 0.3) is 10.9 Å². The van der Waals surface area contributed by atoms with Crippen LogP contribution in [0.3, 0.4) is 0 Å². The van der Waals surface area contributed by atoms with E-state index in [1.165, 1.54) is 4.90 Å². The van der Waals surface area contributed by atoms with Gasteiger partial charge in [-0.05, 0) is 36.6 Å². The predicted molar refractivity (Wildman–Crippen MR) is 133 cm³/mol. The summed E-state index contributed by atoms with van der Waals surface area (Å²) in [5, 5.41) is 4.03. The summed E-state index contributed by atoms with van der Waals surface area (Å²) in [6.07, 6.45) is 0.877. The van der Waals surface area contributed by atoms with Gasteiger partial charge in [-0.1, -0.05) is 24.1 Å². The largest absolute Gasteiger partial charge is 0.356 e. The number of fused-ring (bicyclic) bond motifs is 2. The highest BCUT2D eigenvalue weighted by molar-refractivity contribution is 5.95. The quantitative estimate of drug-likeness (QED) is 0.436. The number of benzene rings is 1. The lowest BCUT2D eigenvalue weighted by molar-refractivity contribution is -0.122. The third-order valence-corrected chi connectivity index (χ3v) is 6.10. The number of amides is 2. The number of hydrogen-bond donors (Lipinski definition) is 2. The molecular weight excluding hydrogens is 459 g/mol. The number of para-hydroxylation sites is 1. The number of imidazole rings is 1. The van der Waals surface area contributed by atoms with Crippen LogP contribution in [0.2, 0.25) is 0 Å². The number of aromatic nitrogens is 4. The van der Waals surface area contributed by atoms with Crippen molar-refractivity contribution in [3.8, 4) is 11.8 Å². The van der Waals surface area contributed by atoms with Gasteiger partial charge in [0.1, 0.15) is 17.9 Å². The molecule has 2 atom stereocenters. The van der Waals surface area contributed by atoms with Crippen LogP contribution in [0, 0.1) is 18.8 Å². The van der Waals surface area contributed by atoms with Gasteiger partial charge in [-0.15, -0.1) is 0 Å². The van der Waals surface area contributed by atoms with Crippen LogP contribution in [0.15, 0.2) is 48.8 Å². The Bertz CT molecular complexity index is 1510. The van der Waals surface area contributed by atoms with E-state index in [0.29, 0.717) is 17.0 Å². The molecule has 5 rings (SSSR count). The lowest BCUT2D eigenvalue weighted by Gasteiger charge is -2.17. The molecule has 182 valence electrons. The van der Waals surface area contributed by atoms with Crippen molar-refractivity contribution in [2.75, 3.05) is 14.1 Å². The molecule has 1 aromatic carbocycles. The van der Waals surface area contributed by atoms with Crippen molar-refractivity contribution in [2.24, 2.45) is 0 Å². The van der Waals surface area contributed by atoms with Crippen molar-refractivity contribution in [2.45, 2.75) is 32.1 Å². The fourth-order valence-electron chi connectivity index (χ4n) is 4.38. The molecule has 4 heterocycles. The van der Waals surface area contributed by atoms with Crippen LogP contribution in [0.5, 0.6) is 0 Å². The summed E-state index contributed by atoms with van der Waals surface area (Å²) in [6, 6.07) is 12.4. The van der Waals surface area contributed by atoms with Gasteiger partial charge in [-0.2, -0.15) is 0 Å². The molecule has 0 aliphatic carbocycles. The maximum atomic E-state index is 14.2. The lowest BCUT2D eigenvalue weighted by Crippen LogP contribution is -2.31. The smallest absolute Gasteiger partial charge is 0.298 e. The number of nitrogens with zero attached hydrogens (tertiary/aromatic N) is 4. The molecular formula is C27H25FN6O2. The van der Waals surface area contributed by atoms with Crippen LogP contribution >= 0.6 is 0 Å². The van der Waals surface area contributed by atoms with Gasteiger partial charge in [0.05, 0.1) is 18.6 Å². The summed E-state index contributed by atoms with van der Waals surface area (Å²) in [7, 11) is 3.24. The van der Waals surface area contributed by atoms with Gasteiger partial charge in [-0.3, -0.25) is 9.59 Å². The second-order valence-corrected chi connectivity index (χ2v) is 9.08. The SMILES string of the molecule is Cc1cc(C#CC(=O)N(C)C)cc(C(=O)NC(c2cc3ccccc3[nH]2)c2ncn3c2C[C@@H](F)C3)n1. The molecule has 1 aliphatic heterocycles. The normalized spacial score (nSPS) is 15.2. The van der Waals surface area contributed by atoms with E-state index in [1.807, 2.05) is 30.3 Å². The second-order valence-electron chi connectivity index (χ2n) is 9.08. The second kappa shape index (κ2) is 9.30. The average Bonchev–Trinajstić information content (AvgIpc) is 3.54. The van der Waals surface area contributed by atoms with Crippen LogP contribution in [-0.2, 0) is 17.8 Å². The number of alkyl halides is 1. The molecule has 1 aliphatic rings. The number of rotatable bonds is 4. The first-order chi connectivity index (χ1) is 17.3. The molecule has 0 radical (unpaired) electrons. The van der Waals surface area contributed by atoms with Gasteiger partial charge in [-0.25, -0.2) is 14.4 Å². The summed E-state index contributed by atoms with van der Waals surface area (Å²) in [5.41, 5.74) is 4.27. The minimum atomic E-state index is -0.981. The highest BCUT2D eigenvalue weighted by Gasteiger charge is 2.31. The number of H-pyrrole nitrogens is 1. The topological polar surface area (TPSA) is 95.9 Å². The number of nitrogens with one attached hydrogen (secondary N) is 2. The first kappa shape index (κ1) is 23.3. The summed E-state index contributed by atoms with van der Waals surface area (Å²) in [6.45, 7) is 2.01. The van der Waals surface area contributed by atoms with E-state index in [-0.39, 0.29) is 24.6 Å². The van der Waals surface area contributed by atoms with Crippen molar-refractivity contribution in [1.82, 2.24) is 29.7 Å². The van der Waals surface area contributed by atoms with Crippen molar-refractivity contribution >= 4 is 22.7 Å². The molecule has 9 heteroatoms. The highest BCUT2D eigenvalue weighted by atomic mass is 19.1. The third-order valence-electron chi connectivity index (χ3n) is 6.10. The molecule has 4 aromatic rings. The maximum absolute atomic E-state index is 14.2. The standard InChI is InChI=1S/C27H25FN6O2/c1-16-10-17(8-9-24(35)33(2)3)11-22(30-16)27(36)32-25(21-12-18-6-4-5-7-20(18)31-21)26-23-13-19(28)14-34(23)15-29-26/h4-7,10-12,15,19,25,31H,13-14H2,1-3H3,(H,32,36)/t19-,25?/m1/s1. The number of aryl methyl sites for hydroxylation is 1. The van der Waals surface area contributed by atoms with E-state index >= 15 is 0 Å². The Morgan fingerprint density at radius 3 is 2.83 bits per heavy atom. The lowest BCUT2D eigenvalue weighted by atomic mass is 10.1. The van der Waals surface area contributed by atoms with Gasteiger partial charge < -0.3 is 19.8 Å². The van der Waals surface area contributed by atoms with E-state index in [2.05, 4.69) is 32.1 Å². The molecule has 2 amide bonds. The Labute approximate surface area is 207 Å². The number of carbonyl (C=O) groups excluding carboxylic acids is 2. The van der Waals surface area contributed by atoms with Crippen molar-refractivity contribution in [3.05, 3.63) is 82.8 Å². The molecule has 2 N–H and O–H groups in total. The van der Waals surface area contributed by atoms with E-state index in [0.717, 1.165) is 22.3 Å². The zero-order valence-electron chi connectivity index (χ0n) is 20.2. The van der Waals surface area contributed by atoms with Crippen LogP contribution in [0.4, 0.5) is 4.39 Å². The van der Waals surface area contributed by atoms with Crippen molar-refractivity contribution in [1.29, 1.82) is 0 Å². The summed E-state index contributed by atoms with van der Waals surface area (Å²) in [4.78, 5) is 39.0. The molecule has 0 saturated heterocycles. The molecule has 0 fully saturated rings. The van der Waals surface area contributed by atoms with Crippen LogP contribution in [-0.4, -0.2) is 56.5 Å². The monoisotopic (exact) mass is 484 g/mol. The minimum Gasteiger partial charge on any atom is -0.356 e. The van der Waals surface area contributed by atoms with Gasteiger partial charge >= 0.3 is 0 Å². The van der Waals surface area contributed by atoms with Gasteiger partial charge in [0.15, 0.2) is 0 Å². The Balaban J connectivity index is 1.51. The first-order valence-electron chi connectivity index (χ1n) is 11.6. The average molecular weight is 485 g/mol. The molecule has 3 aromatic heterocycles. The molecule has 1 unspecified atom stereocenters. The molecule has 36 heavy (non-hydrogen) atoms. The Morgan fingerprint density at radius 2 is 2.06 bits per heavy atom. The summed E-state index contributed by atoms with van der Waals surface area (Å²) >= 11 is 0. The fourth-order valence-corrected chi connectivity index (χ4v) is 4.38. The van der Waals surface area contributed by atoms with Crippen LogP contribution < -0.4 is 5.32 Å². The van der Waals surface area contributed by atoms with Crippen LogP contribution in [0.1, 0.15) is 44.9 Å². The summed E-state index contributed by atoms with van der Waals surface area (Å²) in [5.74, 6) is 4.59. The zero-order chi connectivity index (χ0) is 25.4. The number of carbonyl (C=O) groups is 2. The Morgan fingerprint density at radius 1 is 1.25 bits per heavy atom. The predicted octanol–water partition coefficient (Wildman–Crippen LogP) is 2.92. The van der Waals surface area contributed by atoms with Gasteiger partial charge in [0.2, 0.25) is 0 Å². The van der Waals surface area contributed by atoms with Gasteiger partial charge in [0.25, 0.3) is 11.8 Å². The molecule has 0 bridgehead atoms. The summed E-state index contributed by atoms with van der Waals surface area (Å²) < 4.78 is 16.0. The zero-order valence-corrected chi connectivity index (χ0v) is 20.2. The highest BCUT2D eigenvalue weighted by Crippen LogP contribution is 2.30. The van der Waals surface area contributed by atoms with Crippen molar-refractivity contribution < 1.29 is 14.0 Å². The fraction of sp³-hybridized carbons (Fsp3) is 0.259. The van der Waals surface area contributed by atoms with E-state index < -0.39 is 18.1 Å².